The van der Waals surface area contributed by atoms with E-state index in [1.807, 2.05) is 0 Å². The van der Waals surface area contributed by atoms with Gasteiger partial charge in [-0.1, -0.05) is 0 Å². The van der Waals surface area contributed by atoms with E-state index in [2.05, 4.69) is 65.5 Å². The highest BCUT2D eigenvalue weighted by molar-refractivity contribution is 6.93. The molecule has 0 bridgehead atoms. The SMILES string of the molecule is C[Si](C)(C)O[Si](C)(C)O[Si](C)(C)O[Si](C)(C)O[Si](C)(O[Si](C1CCO1)(C1CCO1)C1CCO1)C1CCO1. The van der Waals surface area contributed by atoms with E-state index >= 15 is 0 Å². The summed E-state index contributed by atoms with van der Waals surface area (Å²) in [6.45, 7) is 24.6. The van der Waals surface area contributed by atoms with Crippen molar-refractivity contribution < 1.29 is 39.5 Å². The van der Waals surface area contributed by atoms with Gasteiger partial charge in [0.25, 0.3) is 8.32 Å². The first-order valence-electron chi connectivity index (χ1n) is 13.9. The van der Waals surface area contributed by atoms with Gasteiger partial charge in [0.05, 0.1) is 17.2 Å². The Morgan fingerprint density at radius 3 is 1.05 bits per heavy atom. The molecule has 4 heterocycles. The van der Waals surface area contributed by atoms with Crippen molar-refractivity contribution in [3.63, 3.8) is 0 Å². The summed E-state index contributed by atoms with van der Waals surface area (Å²) in [5.41, 5.74) is 0.235. The van der Waals surface area contributed by atoms with Gasteiger partial charge in [-0.25, -0.2) is 0 Å². The van der Waals surface area contributed by atoms with Crippen LogP contribution < -0.4 is 0 Å². The zero-order chi connectivity index (χ0) is 27.3. The molecule has 5 unspecified atom stereocenters. The Hall–Kier alpha value is 0.941. The number of ether oxygens (including phenoxy) is 4. The summed E-state index contributed by atoms with van der Waals surface area (Å²) in [4.78, 5) is 0. The number of hydrogen-bond acceptors (Lipinski definition) is 9. The van der Waals surface area contributed by atoms with Crippen molar-refractivity contribution in [1.29, 1.82) is 0 Å². The van der Waals surface area contributed by atoms with Crippen LogP contribution >= 0.6 is 0 Å². The van der Waals surface area contributed by atoms with Gasteiger partial charge in [0.15, 0.2) is 8.32 Å². The first kappa shape index (κ1) is 30.9. The van der Waals surface area contributed by atoms with Crippen molar-refractivity contribution >= 4 is 50.9 Å². The van der Waals surface area contributed by atoms with E-state index in [1.54, 1.807) is 0 Å². The van der Waals surface area contributed by atoms with E-state index in [-0.39, 0.29) is 22.9 Å². The zero-order valence-corrected chi connectivity index (χ0v) is 30.6. The summed E-state index contributed by atoms with van der Waals surface area (Å²) in [6.07, 6.45) is 3.96. The average molecular weight is 627 g/mol. The topological polar surface area (TPSA) is 83.1 Å². The Morgan fingerprint density at radius 2 is 0.757 bits per heavy atom. The van der Waals surface area contributed by atoms with Crippen LogP contribution in [0.3, 0.4) is 0 Å². The summed E-state index contributed by atoms with van der Waals surface area (Å²) in [7, 11) is -14.8. The molecule has 0 radical (unpaired) electrons. The molecule has 9 nitrogen and oxygen atoms in total. The highest BCUT2D eigenvalue weighted by atomic mass is 28.5. The number of rotatable bonds is 14. The minimum absolute atomic E-state index is 0.0262. The second-order valence-electron chi connectivity index (χ2n) is 13.3. The van der Waals surface area contributed by atoms with Gasteiger partial charge in [-0.2, -0.15) is 0 Å². The van der Waals surface area contributed by atoms with Crippen LogP contribution in [0.15, 0.2) is 0 Å². The van der Waals surface area contributed by atoms with Crippen LogP contribution in [0.1, 0.15) is 25.7 Å². The predicted molar refractivity (Wildman–Crippen MR) is 156 cm³/mol. The fraction of sp³-hybridized carbons (Fsp3) is 1.00. The van der Waals surface area contributed by atoms with Crippen molar-refractivity contribution in [2.75, 3.05) is 26.4 Å². The summed E-state index contributed by atoms with van der Waals surface area (Å²) >= 11 is 0. The molecular weight excluding hydrogens is 577 g/mol. The quantitative estimate of drug-likeness (QED) is 0.262. The third kappa shape index (κ3) is 7.24. The molecule has 4 aliphatic rings. The van der Waals surface area contributed by atoms with E-state index in [0.29, 0.717) is 0 Å². The van der Waals surface area contributed by atoms with Crippen LogP contribution in [0.2, 0.25) is 65.5 Å². The molecule has 0 aromatic carbocycles. The highest BCUT2D eigenvalue weighted by Crippen LogP contribution is 2.44. The predicted octanol–water partition coefficient (Wildman–Crippen LogP) is 4.34. The van der Waals surface area contributed by atoms with Crippen molar-refractivity contribution in [2.45, 2.75) is 114 Å². The van der Waals surface area contributed by atoms with Crippen LogP contribution in [0.25, 0.3) is 0 Å². The lowest BCUT2D eigenvalue weighted by Gasteiger charge is -2.58. The van der Waals surface area contributed by atoms with E-state index in [0.717, 1.165) is 52.1 Å². The molecule has 0 aromatic rings. The Morgan fingerprint density at radius 1 is 0.432 bits per heavy atom. The van der Waals surface area contributed by atoms with Crippen molar-refractivity contribution in [3.05, 3.63) is 0 Å². The van der Waals surface area contributed by atoms with Crippen LogP contribution in [0.4, 0.5) is 0 Å². The fourth-order valence-electron chi connectivity index (χ4n) is 6.22. The lowest BCUT2D eigenvalue weighted by Crippen LogP contribution is -2.80. The highest BCUT2D eigenvalue weighted by Gasteiger charge is 2.67. The van der Waals surface area contributed by atoms with Crippen molar-refractivity contribution in [3.8, 4) is 0 Å². The molecule has 216 valence electrons. The summed E-state index contributed by atoms with van der Waals surface area (Å²) in [6, 6.07) is 0. The van der Waals surface area contributed by atoms with Gasteiger partial charge in [-0.3, -0.25) is 0 Å². The Kier molecular flexibility index (Phi) is 9.16. The maximum Gasteiger partial charge on any atom is 0.346 e. The zero-order valence-electron chi connectivity index (χ0n) is 24.6. The molecule has 0 aromatic heterocycles. The van der Waals surface area contributed by atoms with Crippen molar-refractivity contribution in [1.82, 2.24) is 0 Å². The first-order valence-corrected chi connectivity index (χ1v) is 30.3. The average Bonchev–Trinajstić information content (AvgIpc) is 2.39. The first-order chi connectivity index (χ1) is 17.0. The maximum atomic E-state index is 7.43. The second-order valence-corrected chi connectivity index (χ2v) is 36.3. The minimum Gasteiger partial charge on any atom is -0.437 e. The van der Waals surface area contributed by atoms with Gasteiger partial charge in [0.2, 0.25) is 0 Å². The summed E-state index contributed by atoms with van der Waals surface area (Å²) in [5, 5.41) is 0. The lowest BCUT2D eigenvalue weighted by atomic mass is 10.4. The Balaban J connectivity index is 1.54. The fourth-order valence-corrected chi connectivity index (χ4v) is 38.2. The largest absolute Gasteiger partial charge is 0.437 e. The lowest BCUT2D eigenvalue weighted by molar-refractivity contribution is -0.0922. The molecule has 0 amide bonds. The van der Waals surface area contributed by atoms with Crippen molar-refractivity contribution in [2.24, 2.45) is 0 Å². The molecule has 4 aliphatic heterocycles. The molecule has 4 fully saturated rings. The normalized spacial score (nSPS) is 32.3. The Labute approximate surface area is 230 Å². The smallest absolute Gasteiger partial charge is 0.346 e. The van der Waals surface area contributed by atoms with E-state index < -0.39 is 50.9 Å². The molecule has 15 heteroatoms. The van der Waals surface area contributed by atoms with Gasteiger partial charge >= 0.3 is 34.2 Å². The van der Waals surface area contributed by atoms with Gasteiger partial charge in [0.1, 0.15) is 5.73 Å². The van der Waals surface area contributed by atoms with Gasteiger partial charge in [-0.05, 0) is 91.2 Å². The molecule has 5 atom stereocenters. The van der Waals surface area contributed by atoms with Gasteiger partial charge in [0, 0.05) is 26.4 Å². The molecule has 4 saturated heterocycles. The molecular formula is C22H50O9Si6. The standard InChI is InChI=1S/C22H50O9Si6/c1-32(2,3)27-33(4,5)28-34(6,7)29-35(8,9)30-36(10,19-11-15-23-19)31-37(20-12-16-24-20,21-13-17-25-21)22-14-18-26-22/h19-22H,11-18H2,1-10H3. The van der Waals surface area contributed by atoms with Gasteiger partial charge in [-0.15, -0.1) is 0 Å². The van der Waals surface area contributed by atoms with Crippen LogP contribution in [-0.4, -0.2) is 100 Å². The third-order valence-electron chi connectivity index (χ3n) is 7.25. The van der Waals surface area contributed by atoms with E-state index in [9.17, 15) is 0 Å². The van der Waals surface area contributed by atoms with E-state index in [1.165, 1.54) is 0 Å². The minimum atomic E-state index is -2.88. The molecule has 0 saturated carbocycles. The molecule has 4 rings (SSSR count). The summed E-state index contributed by atoms with van der Waals surface area (Å²) in [5.74, 6) is 0. The van der Waals surface area contributed by atoms with E-state index in [4.69, 9.17) is 39.5 Å². The Bertz CT molecular complexity index is 758. The molecule has 0 N–H and O–H groups in total. The maximum absolute atomic E-state index is 7.43. The third-order valence-corrected chi connectivity index (χ3v) is 32.2. The molecule has 37 heavy (non-hydrogen) atoms. The van der Waals surface area contributed by atoms with Crippen LogP contribution in [-0.2, 0) is 39.5 Å². The van der Waals surface area contributed by atoms with Gasteiger partial charge < -0.3 is 39.5 Å². The second kappa shape index (κ2) is 11.0. The van der Waals surface area contributed by atoms with Crippen LogP contribution in [0, 0.1) is 0 Å². The summed E-state index contributed by atoms with van der Waals surface area (Å²) < 4.78 is 59.1. The van der Waals surface area contributed by atoms with Crippen LogP contribution in [0.5, 0.6) is 0 Å². The monoisotopic (exact) mass is 626 g/mol. The number of hydrogen-bond donors (Lipinski definition) is 0. The molecule has 0 spiro atoms. The molecule has 0 aliphatic carbocycles.